The largest absolute Gasteiger partial charge is 0.493 e. The molecule has 0 bridgehead atoms. The monoisotopic (exact) mass is 498 g/mol. The fraction of sp³-hybridized carbons (Fsp3) is 0.379. The molecule has 5 heteroatoms. The molecule has 3 aromatic rings. The second kappa shape index (κ2) is 13.0. The average molecular weight is 500 g/mol. The molecule has 0 radical (unpaired) electrons. The van der Waals surface area contributed by atoms with E-state index in [0.29, 0.717) is 0 Å². The molecule has 0 spiro atoms. The van der Waals surface area contributed by atoms with E-state index in [2.05, 4.69) is 82.6 Å². The van der Waals surface area contributed by atoms with Gasteiger partial charge in [0.05, 0.1) is 6.61 Å². The highest BCUT2D eigenvalue weighted by Gasteiger charge is 2.17. The van der Waals surface area contributed by atoms with E-state index in [0.717, 1.165) is 51.5 Å². The van der Waals surface area contributed by atoms with E-state index in [1.54, 1.807) is 0 Å². The molecule has 1 saturated heterocycles. The quantitative estimate of drug-likeness (QED) is 0.377. The number of para-hydroxylation sites is 1. The van der Waals surface area contributed by atoms with Crippen molar-refractivity contribution in [3.63, 3.8) is 0 Å². The predicted octanol–water partition coefficient (Wildman–Crippen LogP) is 6.35. The Morgan fingerprint density at radius 2 is 1.35 bits per heavy atom. The van der Waals surface area contributed by atoms with Crippen molar-refractivity contribution in [2.45, 2.75) is 38.6 Å². The number of nitrogens with zero attached hydrogens (tertiary/aromatic N) is 2. The van der Waals surface area contributed by atoms with E-state index in [1.807, 2.05) is 0 Å². The van der Waals surface area contributed by atoms with Crippen molar-refractivity contribution >= 4 is 30.5 Å². The molecule has 182 valence electrons. The minimum absolute atomic E-state index is 0. The molecule has 1 heterocycles. The first-order valence-corrected chi connectivity index (χ1v) is 12.2. The van der Waals surface area contributed by atoms with Gasteiger partial charge in [0, 0.05) is 44.8 Å². The van der Waals surface area contributed by atoms with Gasteiger partial charge in [0.25, 0.3) is 0 Å². The number of benzene rings is 3. The summed E-state index contributed by atoms with van der Waals surface area (Å²) in [6.07, 6.45) is 6.02. The Labute approximate surface area is 216 Å². The van der Waals surface area contributed by atoms with Crippen LogP contribution in [0.1, 0.15) is 35.1 Å². The lowest BCUT2D eigenvalue weighted by Crippen LogP contribution is -2.45. The van der Waals surface area contributed by atoms with Crippen LogP contribution in [0.4, 0.5) is 5.69 Å². The van der Waals surface area contributed by atoms with Gasteiger partial charge in [-0.25, -0.2) is 0 Å². The number of aryl methyl sites for hydroxylation is 2. The van der Waals surface area contributed by atoms with Crippen LogP contribution in [0.15, 0.2) is 72.8 Å². The predicted molar refractivity (Wildman–Crippen MR) is 147 cm³/mol. The van der Waals surface area contributed by atoms with Gasteiger partial charge in [0.2, 0.25) is 0 Å². The Morgan fingerprint density at radius 1 is 0.676 bits per heavy atom. The summed E-state index contributed by atoms with van der Waals surface area (Å²) in [5.74, 6) is 1.02. The molecule has 0 saturated carbocycles. The van der Waals surface area contributed by atoms with Crippen molar-refractivity contribution in [3.8, 4) is 5.75 Å². The first-order valence-electron chi connectivity index (χ1n) is 12.2. The van der Waals surface area contributed by atoms with E-state index in [-0.39, 0.29) is 24.8 Å². The number of anilines is 1. The molecule has 0 amide bonds. The highest BCUT2D eigenvalue weighted by atomic mass is 35.5. The maximum Gasteiger partial charge on any atom is 0.119 e. The van der Waals surface area contributed by atoms with E-state index < -0.39 is 0 Å². The van der Waals surface area contributed by atoms with Crippen LogP contribution in [0.5, 0.6) is 5.75 Å². The zero-order valence-electron chi connectivity index (χ0n) is 19.8. The fourth-order valence-electron chi connectivity index (χ4n) is 4.96. The van der Waals surface area contributed by atoms with E-state index in [4.69, 9.17) is 4.74 Å². The summed E-state index contributed by atoms with van der Waals surface area (Å²) in [7, 11) is 0. The lowest BCUT2D eigenvalue weighted by Gasteiger charge is -2.36. The van der Waals surface area contributed by atoms with Gasteiger partial charge in [0.15, 0.2) is 0 Å². The molecule has 3 nitrogen and oxygen atoms in total. The Hall–Kier alpha value is -2.20. The molecule has 1 aliphatic heterocycles. The Morgan fingerprint density at radius 3 is 2.09 bits per heavy atom. The van der Waals surface area contributed by atoms with Crippen LogP contribution in [-0.4, -0.2) is 37.7 Å². The SMILES string of the molecule is Cl.Cl.c1ccc(N2CCN(Cc3ccc(CCOc4ccc5c(c4)CCCC5)cc3)CC2)cc1. The molecule has 0 unspecified atom stereocenters. The highest BCUT2D eigenvalue weighted by molar-refractivity contribution is 5.85. The summed E-state index contributed by atoms with van der Waals surface area (Å²) < 4.78 is 6.06. The van der Waals surface area contributed by atoms with Crippen LogP contribution in [0.25, 0.3) is 0 Å². The number of rotatable bonds is 7. The van der Waals surface area contributed by atoms with Gasteiger partial charge in [-0.1, -0.05) is 48.5 Å². The van der Waals surface area contributed by atoms with Crippen molar-refractivity contribution in [1.82, 2.24) is 4.90 Å². The van der Waals surface area contributed by atoms with Gasteiger partial charge in [-0.3, -0.25) is 4.90 Å². The van der Waals surface area contributed by atoms with Crippen LogP contribution in [0, 0.1) is 0 Å². The van der Waals surface area contributed by atoms with Crippen molar-refractivity contribution in [2.75, 3.05) is 37.7 Å². The third-order valence-electron chi connectivity index (χ3n) is 6.90. The molecular weight excluding hydrogens is 463 g/mol. The molecule has 1 fully saturated rings. The van der Waals surface area contributed by atoms with Crippen molar-refractivity contribution in [1.29, 1.82) is 0 Å². The average Bonchev–Trinajstić information content (AvgIpc) is 2.86. The standard InChI is InChI=1S/C29H34N2O.2ClH/c1-2-8-28(9-3-1)31-19-17-30(18-20-31)23-25-12-10-24(11-13-25)16-21-32-29-15-14-26-6-4-5-7-27(26)22-29;;/h1-3,8-15,22H,4-7,16-21,23H2;2*1H. The highest BCUT2D eigenvalue weighted by Crippen LogP contribution is 2.25. The van der Waals surface area contributed by atoms with Crippen molar-refractivity contribution in [2.24, 2.45) is 0 Å². The summed E-state index contributed by atoms with van der Waals surface area (Å²) in [4.78, 5) is 5.05. The number of hydrogen-bond acceptors (Lipinski definition) is 3. The zero-order chi connectivity index (χ0) is 21.6. The first kappa shape index (κ1) is 26.4. The molecular formula is C29H36Cl2N2O. The summed E-state index contributed by atoms with van der Waals surface area (Å²) >= 11 is 0. The van der Waals surface area contributed by atoms with Crippen LogP contribution in [-0.2, 0) is 25.8 Å². The van der Waals surface area contributed by atoms with Crippen molar-refractivity contribution < 1.29 is 4.74 Å². The maximum absolute atomic E-state index is 6.06. The summed E-state index contributed by atoms with van der Waals surface area (Å²) in [5, 5.41) is 0. The molecule has 1 aliphatic carbocycles. The topological polar surface area (TPSA) is 15.7 Å². The molecule has 3 aromatic carbocycles. The van der Waals surface area contributed by atoms with E-state index in [1.165, 1.54) is 53.6 Å². The number of ether oxygens (including phenoxy) is 1. The Bertz CT molecular complexity index is 1000. The smallest absolute Gasteiger partial charge is 0.119 e. The molecule has 0 aromatic heterocycles. The molecule has 2 aliphatic rings. The van der Waals surface area contributed by atoms with Gasteiger partial charge in [0.1, 0.15) is 5.75 Å². The Balaban J connectivity index is 0.00000162. The van der Waals surface area contributed by atoms with Crippen LogP contribution in [0.3, 0.4) is 0 Å². The number of fused-ring (bicyclic) bond motifs is 1. The van der Waals surface area contributed by atoms with E-state index in [9.17, 15) is 0 Å². The number of halogens is 2. The van der Waals surface area contributed by atoms with Gasteiger partial charge < -0.3 is 9.64 Å². The minimum Gasteiger partial charge on any atom is -0.493 e. The zero-order valence-corrected chi connectivity index (χ0v) is 21.5. The van der Waals surface area contributed by atoms with Crippen LogP contribution >= 0.6 is 24.8 Å². The second-order valence-electron chi connectivity index (χ2n) is 9.15. The van der Waals surface area contributed by atoms with Gasteiger partial charge >= 0.3 is 0 Å². The lowest BCUT2D eigenvalue weighted by molar-refractivity contribution is 0.250. The van der Waals surface area contributed by atoms with Gasteiger partial charge in [-0.15, -0.1) is 24.8 Å². The normalized spacial score (nSPS) is 15.6. The van der Waals surface area contributed by atoms with Crippen LogP contribution in [0.2, 0.25) is 0 Å². The Kier molecular flexibility index (Phi) is 10.1. The first-order chi connectivity index (χ1) is 15.8. The van der Waals surface area contributed by atoms with Crippen LogP contribution < -0.4 is 9.64 Å². The maximum atomic E-state index is 6.06. The summed E-state index contributed by atoms with van der Waals surface area (Å²) in [6, 6.07) is 26.5. The minimum atomic E-state index is 0. The summed E-state index contributed by atoms with van der Waals surface area (Å²) in [5.41, 5.74) is 7.09. The third kappa shape index (κ3) is 6.91. The number of piperazine rings is 1. The molecule has 0 atom stereocenters. The van der Waals surface area contributed by atoms with E-state index >= 15 is 0 Å². The van der Waals surface area contributed by atoms with Crippen molar-refractivity contribution in [3.05, 3.63) is 95.1 Å². The second-order valence-corrected chi connectivity index (χ2v) is 9.15. The molecule has 34 heavy (non-hydrogen) atoms. The molecule has 5 rings (SSSR count). The fourth-order valence-corrected chi connectivity index (χ4v) is 4.96. The lowest BCUT2D eigenvalue weighted by atomic mass is 9.92. The third-order valence-corrected chi connectivity index (χ3v) is 6.90. The van der Waals surface area contributed by atoms with Gasteiger partial charge in [-0.2, -0.15) is 0 Å². The molecule has 0 N–H and O–H groups in total. The van der Waals surface area contributed by atoms with Gasteiger partial charge in [-0.05, 0) is 72.2 Å². The summed E-state index contributed by atoms with van der Waals surface area (Å²) in [6.45, 7) is 6.20. The number of hydrogen-bond donors (Lipinski definition) is 0.